The third-order valence-corrected chi connectivity index (χ3v) is 3.83. The number of rotatable bonds is 4. The lowest BCUT2D eigenvalue weighted by Crippen LogP contribution is -2.04. The maximum atomic E-state index is 9.89. The van der Waals surface area contributed by atoms with Crippen molar-refractivity contribution >= 4 is 0 Å². The second kappa shape index (κ2) is 6.31. The van der Waals surface area contributed by atoms with Gasteiger partial charge in [-0.15, -0.1) is 0 Å². The first-order chi connectivity index (χ1) is 9.88. The van der Waals surface area contributed by atoms with Crippen LogP contribution in [0.4, 0.5) is 0 Å². The van der Waals surface area contributed by atoms with Crippen LogP contribution in [0.15, 0.2) is 30.3 Å². The first-order valence-corrected chi connectivity index (χ1v) is 7.36. The molecule has 1 atom stereocenters. The molecule has 0 fully saturated rings. The van der Waals surface area contributed by atoms with Crippen molar-refractivity contribution in [3.05, 3.63) is 63.7 Å². The van der Waals surface area contributed by atoms with Crippen molar-refractivity contribution < 1.29 is 9.84 Å². The molecule has 0 amide bonds. The number of aliphatic hydroxyl groups is 1. The lowest BCUT2D eigenvalue weighted by atomic mass is 10.0. The van der Waals surface area contributed by atoms with E-state index in [-0.39, 0.29) is 0 Å². The summed E-state index contributed by atoms with van der Waals surface area (Å²) in [6.07, 6.45) is -0.528. The zero-order chi connectivity index (χ0) is 15.6. The lowest BCUT2D eigenvalue weighted by molar-refractivity contribution is 0.190. The summed E-state index contributed by atoms with van der Waals surface area (Å²) in [5, 5.41) is 9.89. The summed E-state index contributed by atoms with van der Waals surface area (Å²) in [6.45, 7) is 10.7. The van der Waals surface area contributed by atoms with Crippen LogP contribution in [0.5, 0.6) is 5.75 Å². The minimum absolute atomic E-state index is 0.528. The fourth-order valence-corrected chi connectivity index (χ4v) is 2.71. The molecule has 0 radical (unpaired) electrons. The highest BCUT2D eigenvalue weighted by atomic mass is 16.5. The van der Waals surface area contributed by atoms with E-state index in [0.29, 0.717) is 6.61 Å². The molecule has 21 heavy (non-hydrogen) atoms. The van der Waals surface area contributed by atoms with E-state index < -0.39 is 6.10 Å². The van der Waals surface area contributed by atoms with Crippen LogP contribution in [0.25, 0.3) is 0 Å². The van der Waals surface area contributed by atoms with Crippen molar-refractivity contribution in [2.75, 3.05) is 0 Å². The second-order valence-electron chi connectivity index (χ2n) is 5.88. The fourth-order valence-electron chi connectivity index (χ4n) is 2.71. The van der Waals surface area contributed by atoms with E-state index in [1.54, 1.807) is 6.92 Å². The molecule has 0 saturated heterocycles. The highest BCUT2D eigenvalue weighted by Crippen LogP contribution is 2.28. The van der Waals surface area contributed by atoms with Crippen LogP contribution in [0.1, 0.15) is 46.4 Å². The second-order valence-corrected chi connectivity index (χ2v) is 5.88. The van der Waals surface area contributed by atoms with Crippen molar-refractivity contribution in [1.82, 2.24) is 0 Å². The van der Waals surface area contributed by atoms with Gasteiger partial charge in [-0.25, -0.2) is 0 Å². The van der Waals surface area contributed by atoms with E-state index in [4.69, 9.17) is 4.74 Å². The zero-order valence-electron chi connectivity index (χ0n) is 13.5. The minimum atomic E-state index is -0.528. The van der Waals surface area contributed by atoms with Crippen LogP contribution in [0, 0.1) is 27.7 Å². The van der Waals surface area contributed by atoms with Crippen LogP contribution in [0.3, 0.4) is 0 Å². The van der Waals surface area contributed by atoms with E-state index in [9.17, 15) is 5.11 Å². The molecule has 2 aromatic rings. The molecule has 0 aliphatic rings. The van der Waals surface area contributed by atoms with Gasteiger partial charge in [0, 0.05) is 5.56 Å². The van der Waals surface area contributed by atoms with Crippen LogP contribution in [-0.2, 0) is 6.61 Å². The fraction of sp³-hybridized carbons (Fsp3) is 0.368. The monoisotopic (exact) mass is 284 g/mol. The third-order valence-electron chi connectivity index (χ3n) is 3.83. The Morgan fingerprint density at radius 2 is 1.57 bits per heavy atom. The molecule has 0 spiro atoms. The van der Waals surface area contributed by atoms with Crippen molar-refractivity contribution in [3.63, 3.8) is 0 Å². The van der Waals surface area contributed by atoms with E-state index in [1.165, 1.54) is 22.3 Å². The van der Waals surface area contributed by atoms with Crippen LogP contribution in [-0.4, -0.2) is 5.11 Å². The van der Waals surface area contributed by atoms with Gasteiger partial charge in [-0.3, -0.25) is 0 Å². The van der Waals surface area contributed by atoms with E-state index in [2.05, 4.69) is 32.9 Å². The smallest absolute Gasteiger partial charge is 0.125 e. The molecule has 0 aromatic heterocycles. The Kier molecular flexibility index (Phi) is 4.69. The molecular formula is C19H24O2. The molecule has 0 aliphatic heterocycles. The summed E-state index contributed by atoms with van der Waals surface area (Å²) in [4.78, 5) is 0. The normalized spacial score (nSPS) is 12.3. The van der Waals surface area contributed by atoms with Gasteiger partial charge < -0.3 is 9.84 Å². The van der Waals surface area contributed by atoms with E-state index >= 15 is 0 Å². The van der Waals surface area contributed by atoms with Crippen LogP contribution < -0.4 is 4.74 Å². The van der Waals surface area contributed by atoms with E-state index in [0.717, 1.165) is 16.9 Å². The average molecular weight is 284 g/mol. The largest absolute Gasteiger partial charge is 0.489 e. The average Bonchev–Trinajstić information content (AvgIpc) is 2.38. The maximum absolute atomic E-state index is 9.89. The summed E-state index contributed by atoms with van der Waals surface area (Å²) < 4.78 is 5.98. The molecule has 112 valence electrons. The highest BCUT2D eigenvalue weighted by molar-refractivity contribution is 5.40. The van der Waals surface area contributed by atoms with Crippen LogP contribution >= 0.6 is 0 Å². The van der Waals surface area contributed by atoms with Gasteiger partial charge in [0.2, 0.25) is 0 Å². The third kappa shape index (κ3) is 3.64. The molecule has 2 nitrogen and oxygen atoms in total. The summed E-state index contributed by atoms with van der Waals surface area (Å²) in [5.74, 6) is 0.759. The van der Waals surface area contributed by atoms with Gasteiger partial charge in [0.05, 0.1) is 6.10 Å². The molecule has 0 heterocycles. The molecule has 0 aliphatic carbocycles. The number of benzene rings is 2. The van der Waals surface area contributed by atoms with Crippen molar-refractivity contribution in [1.29, 1.82) is 0 Å². The molecule has 0 unspecified atom stereocenters. The Morgan fingerprint density at radius 3 is 2.14 bits per heavy atom. The first kappa shape index (κ1) is 15.6. The topological polar surface area (TPSA) is 29.5 Å². The Balaban J connectivity index is 2.25. The Labute approximate surface area is 127 Å². The SMILES string of the molecule is Cc1cc(C)c(COc2ccc(C)cc2[C@@H](C)O)c(C)c1. The first-order valence-electron chi connectivity index (χ1n) is 7.36. The number of hydrogen-bond donors (Lipinski definition) is 1. The van der Waals surface area contributed by atoms with Crippen molar-refractivity contribution in [3.8, 4) is 5.75 Å². The standard InChI is InChI=1S/C19H24O2/c1-12-6-7-19(17(10-12)16(5)20)21-11-18-14(3)8-13(2)9-15(18)4/h6-10,16,20H,11H2,1-5H3/t16-/m1/s1. The van der Waals surface area contributed by atoms with E-state index in [1.807, 2.05) is 25.1 Å². The quantitative estimate of drug-likeness (QED) is 0.892. The zero-order valence-corrected chi connectivity index (χ0v) is 13.5. The molecule has 2 heteroatoms. The summed E-state index contributed by atoms with van der Waals surface area (Å²) >= 11 is 0. The van der Waals surface area contributed by atoms with Crippen LogP contribution in [0.2, 0.25) is 0 Å². The number of aryl methyl sites for hydroxylation is 4. The Morgan fingerprint density at radius 1 is 0.952 bits per heavy atom. The van der Waals surface area contributed by atoms with Gasteiger partial charge in [-0.1, -0.05) is 29.3 Å². The van der Waals surface area contributed by atoms with Gasteiger partial charge in [0.1, 0.15) is 12.4 Å². The molecule has 2 aromatic carbocycles. The summed E-state index contributed by atoms with van der Waals surface area (Å²) in [6, 6.07) is 10.3. The number of aliphatic hydroxyl groups excluding tert-OH is 1. The van der Waals surface area contributed by atoms with Gasteiger partial charge in [-0.2, -0.15) is 0 Å². The molecular weight excluding hydrogens is 260 g/mol. The van der Waals surface area contributed by atoms with Crippen molar-refractivity contribution in [2.24, 2.45) is 0 Å². The highest BCUT2D eigenvalue weighted by Gasteiger charge is 2.11. The van der Waals surface area contributed by atoms with Gasteiger partial charge in [0.25, 0.3) is 0 Å². The Hall–Kier alpha value is -1.80. The molecule has 1 N–H and O–H groups in total. The summed E-state index contributed by atoms with van der Waals surface area (Å²) in [7, 11) is 0. The van der Waals surface area contributed by atoms with Gasteiger partial charge >= 0.3 is 0 Å². The molecule has 0 bridgehead atoms. The minimum Gasteiger partial charge on any atom is -0.489 e. The molecule has 0 saturated carbocycles. The predicted molar refractivity (Wildman–Crippen MR) is 86.8 cm³/mol. The maximum Gasteiger partial charge on any atom is 0.125 e. The lowest BCUT2D eigenvalue weighted by Gasteiger charge is -2.17. The number of hydrogen-bond acceptors (Lipinski definition) is 2. The van der Waals surface area contributed by atoms with Gasteiger partial charge in [0.15, 0.2) is 0 Å². The predicted octanol–water partition coefficient (Wildman–Crippen LogP) is 4.55. The Bertz CT molecular complexity index is 619. The molecule has 2 rings (SSSR count). The van der Waals surface area contributed by atoms with Crippen molar-refractivity contribution in [2.45, 2.75) is 47.3 Å². The number of ether oxygens (including phenoxy) is 1. The van der Waals surface area contributed by atoms with Gasteiger partial charge in [-0.05, 0) is 63.4 Å². The summed E-state index contributed by atoms with van der Waals surface area (Å²) in [5.41, 5.74) is 6.96.